The van der Waals surface area contributed by atoms with Gasteiger partial charge in [0.25, 0.3) is 0 Å². The maximum absolute atomic E-state index is 12.1. The minimum atomic E-state index is -2.70. The van der Waals surface area contributed by atoms with E-state index in [2.05, 4.69) is 0 Å². The third kappa shape index (κ3) is 2.53. The molecule has 0 radical (unpaired) electrons. The van der Waals surface area contributed by atoms with Gasteiger partial charge in [0.1, 0.15) is 0 Å². The predicted molar refractivity (Wildman–Crippen MR) is 61.1 cm³/mol. The number of aryl methyl sites for hydroxylation is 1. The normalized spacial score (nSPS) is 11.5. The van der Waals surface area contributed by atoms with Gasteiger partial charge in [-0.05, 0) is 13.5 Å². The Balaban J connectivity index is 2.98. The molecule has 3 nitrogen and oxygen atoms in total. The number of carbonyl (C=O) groups is 1. The van der Waals surface area contributed by atoms with E-state index in [9.17, 15) is 4.79 Å². The molecule has 0 heterocycles. The van der Waals surface area contributed by atoms with Crippen molar-refractivity contribution >= 4 is 14.0 Å². The Bertz CT molecular complexity index is 341. The molecule has 1 rings (SSSR count). The fourth-order valence-electron chi connectivity index (χ4n) is 1.24. The van der Waals surface area contributed by atoms with E-state index in [4.69, 9.17) is 8.85 Å². The van der Waals surface area contributed by atoms with E-state index in [0.29, 0.717) is 5.56 Å². The van der Waals surface area contributed by atoms with Gasteiger partial charge in [0.05, 0.1) is 0 Å². The molecule has 0 N–H and O–H groups in total. The second-order valence-electron chi connectivity index (χ2n) is 3.55. The number of hydrogen-bond donors (Lipinski definition) is 0. The van der Waals surface area contributed by atoms with Crippen molar-refractivity contribution in [1.29, 1.82) is 0 Å². The molecule has 82 valence electrons. The Kier molecular flexibility index (Phi) is 3.79. The second kappa shape index (κ2) is 4.70. The minimum Gasteiger partial charge on any atom is -0.393 e. The standard InChI is InChI=1S/C11H16O3Si/c1-9-5-7-10(8-6-9)11(12)15(4,13-2)14-3/h5-8H,1-4H3. The Labute approximate surface area is 91.3 Å². The number of carbonyl (C=O) groups excluding carboxylic acids is 1. The molecular formula is C11H16O3Si. The van der Waals surface area contributed by atoms with Gasteiger partial charge in [-0.15, -0.1) is 0 Å². The molecule has 0 aliphatic carbocycles. The number of hydrogen-bond acceptors (Lipinski definition) is 3. The van der Waals surface area contributed by atoms with Crippen LogP contribution in [-0.4, -0.2) is 28.2 Å². The maximum Gasteiger partial charge on any atom is 0.412 e. The van der Waals surface area contributed by atoms with Gasteiger partial charge in [-0.2, -0.15) is 0 Å². The van der Waals surface area contributed by atoms with Crippen LogP contribution in [0.2, 0.25) is 6.55 Å². The number of benzene rings is 1. The quantitative estimate of drug-likeness (QED) is 0.735. The first kappa shape index (κ1) is 12.1. The molecule has 0 amide bonds. The minimum absolute atomic E-state index is 0.0347. The van der Waals surface area contributed by atoms with E-state index in [1.54, 1.807) is 18.7 Å². The zero-order valence-corrected chi connectivity index (χ0v) is 10.5. The van der Waals surface area contributed by atoms with Crippen LogP contribution < -0.4 is 0 Å². The van der Waals surface area contributed by atoms with E-state index in [0.717, 1.165) is 5.56 Å². The average molecular weight is 224 g/mol. The summed E-state index contributed by atoms with van der Waals surface area (Å²) in [5, 5.41) is -0.0347. The van der Waals surface area contributed by atoms with E-state index >= 15 is 0 Å². The largest absolute Gasteiger partial charge is 0.412 e. The predicted octanol–water partition coefficient (Wildman–Crippen LogP) is 2.08. The maximum atomic E-state index is 12.1. The monoisotopic (exact) mass is 224 g/mol. The summed E-state index contributed by atoms with van der Waals surface area (Å²) in [7, 11) is 0.334. The van der Waals surface area contributed by atoms with Crippen molar-refractivity contribution in [3.63, 3.8) is 0 Å². The molecule has 0 saturated heterocycles. The first-order chi connectivity index (χ1) is 7.03. The van der Waals surface area contributed by atoms with Gasteiger partial charge in [-0.25, -0.2) is 0 Å². The molecule has 0 aromatic heterocycles. The van der Waals surface area contributed by atoms with Gasteiger partial charge in [-0.1, -0.05) is 29.8 Å². The summed E-state index contributed by atoms with van der Waals surface area (Å²) in [5.74, 6) is 0. The lowest BCUT2D eigenvalue weighted by molar-refractivity contribution is 0.0986. The van der Waals surface area contributed by atoms with E-state index in [1.165, 1.54) is 14.2 Å². The molecule has 0 spiro atoms. The molecule has 0 saturated carbocycles. The van der Waals surface area contributed by atoms with Crippen molar-refractivity contribution in [1.82, 2.24) is 0 Å². The molecule has 0 aliphatic heterocycles. The van der Waals surface area contributed by atoms with Crippen LogP contribution in [0, 0.1) is 6.92 Å². The zero-order chi connectivity index (χ0) is 11.5. The summed E-state index contributed by atoms with van der Waals surface area (Å²) in [6, 6.07) is 7.43. The van der Waals surface area contributed by atoms with E-state index in [1.807, 2.05) is 19.1 Å². The average Bonchev–Trinajstić information content (AvgIpc) is 2.28. The summed E-state index contributed by atoms with van der Waals surface area (Å²) in [5.41, 5.74) is 1.78. The third-order valence-corrected chi connectivity index (χ3v) is 5.18. The summed E-state index contributed by atoms with van der Waals surface area (Å²) < 4.78 is 10.4. The van der Waals surface area contributed by atoms with Crippen LogP contribution in [0.4, 0.5) is 0 Å². The van der Waals surface area contributed by atoms with Crippen LogP contribution in [0.25, 0.3) is 0 Å². The zero-order valence-electron chi connectivity index (χ0n) is 9.53. The fraction of sp³-hybridized carbons (Fsp3) is 0.364. The molecular weight excluding hydrogens is 208 g/mol. The van der Waals surface area contributed by atoms with Crippen molar-refractivity contribution in [3.8, 4) is 0 Å². The summed E-state index contributed by atoms with van der Waals surface area (Å²) in [6.45, 7) is 3.73. The smallest absolute Gasteiger partial charge is 0.393 e. The van der Waals surface area contributed by atoms with E-state index in [-0.39, 0.29) is 5.41 Å². The number of rotatable bonds is 4. The highest BCUT2D eigenvalue weighted by molar-refractivity contribution is 6.98. The van der Waals surface area contributed by atoms with Crippen LogP contribution in [0.3, 0.4) is 0 Å². The van der Waals surface area contributed by atoms with Crippen molar-refractivity contribution in [2.75, 3.05) is 14.2 Å². The Morgan fingerprint density at radius 2 is 1.60 bits per heavy atom. The molecule has 15 heavy (non-hydrogen) atoms. The summed E-state index contributed by atoms with van der Waals surface area (Å²) >= 11 is 0. The van der Waals surface area contributed by atoms with Crippen molar-refractivity contribution in [3.05, 3.63) is 35.4 Å². The van der Waals surface area contributed by atoms with Gasteiger partial charge in [0, 0.05) is 19.8 Å². The van der Waals surface area contributed by atoms with Gasteiger partial charge in [0.15, 0.2) is 0 Å². The van der Waals surface area contributed by atoms with Crippen molar-refractivity contribution in [2.24, 2.45) is 0 Å². The molecule has 0 bridgehead atoms. The Morgan fingerprint density at radius 1 is 1.13 bits per heavy atom. The van der Waals surface area contributed by atoms with Crippen molar-refractivity contribution < 1.29 is 13.6 Å². The Hall–Kier alpha value is -0.973. The lowest BCUT2D eigenvalue weighted by Crippen LogP contribution is -2.46. The fourth-order valence-corrected chi connectivity index (χ4v) is 2.46. The lowest BCUT2D eigenvalue weighted by Gasteiger charge is -2.20. The summed E-state index contributed by atoms with van der Waals surface area (Å²) in [4.78, 5) is 12.1. The molecule has 4 heteroatoms. The van der Waals surface area contributed by atoms with E-state index < -0.39 is 8.56 Å². The molecule has 0 atom stereocenters. The second-order valence-corrected chi connectivity index (χ2v) is 6.71. The SMILES string of the molecule is CO[Si](C)(OC)C(=O)c1ccc(C)cc1. The third-order valence-electron chi connectivity index (χ3n) is 2.51. The van der Waals surface area contributed by atoms with Crippen LogP contribution in [0.15, 0.2) is 24.3 Å². The van der Waals surface area contributed by atoms with Gasteiger partial charge in [0.2, 0.25) is 5.41 Å². The first-order valence-corrected chi connectivity index (χ1v) is 7.07. The summed E-state index contributed by atoms with van der Waals surface area (Å²) in [6.07, 6.45) is 0. The molecule has 0 aliphatic rings. The molecule has 1 aromatic carbocycles. The Morgan fingerprint density at radius 3 is 2.00 bits per heavy atom. The van der Waals surface area contributed by atoms with Crippen LogP contribution >= 0.6 is 0 Å². The van der Waals surface area contributed by atoms with Gasteiger partial charge < -0.3 is 8.85 Å². The van der Waals surface area contributed by atoms with Gasteiger partial charge in [-0.3, -0.25) is 4.79 Å². The topological polar surface area (TPSA) is 35.5 Å². The van der Waals surface area contributed by atoms with Crippen LogP contribution in [0.1, 0.15) is 15.9 Å². The lowest BCUT2D eigenvalue weighted by atomic mass is 10.2. The highest BCUT2D eigenvalue weighted by Gasteiger charge is 2.39. The molecule has 1 aromatic rings. The first-order valence-electron chi connectivity index (χ1n) is 4.75. The van der Waals surface area contributed by atoms with Crippen LogP contribution in [0.5, 0.6) is 0 Å². The highest BCUT2D eigenvalue weighted by atomic mass is 28.4. The molecule has 0 fully saturated rings. The van der Waals surface area contributed by atoms with Crippen LogP contribution in [-0.2, 0) is 8.85 Å². The van der Waals surface area contributed by atoms with Gasteiger partial charge >= 0.3 is 8.56 Å². The highest BCUT2D eigenvalue weighted by Crippen LogP contribution is 2.14. The molecule has 0 unspecified atom stereocenters. The van der Waals surface area contributed by atoms with Crippen molar-refractivity contribution in [2.45, 2.75) is 13.5 Å².